The van der Waals surface area contributed by atoms with Crippen molar-refractivity contribution in [2.24, 2.45) is 5.73 Å². The first-order valence-corrected chi connectivity index (χ1v) is 10.3. The number of nitrogens with two attached hydrogens (primary N) is 1. The molecule has 152 valence electrons. The van der Waals surface area contributed by atoms with E-state index >= 15 is 0 Å². The summed E-state index contributed by atoms with van der Waals surface area (Å²) in [6.07, 6.45) is 0. The van der Waals surface area contributed by atoms with E-state index in [4.69, 9.17) is 10.7 Å². The Labute approximate surface area is 175 Å². The van der Waals surface area contributed by atoms with Gasteiger partial charge in [-0.3, -0.25) is 4.79 Å². The fourth-order valence-corrected chi connectivity index (χ4v) is 4.25. The highest BCUT2D eigenvalue weighted by molar-refractivity contribution is 6.14. The second-order valence-corrected chi connectivity index (χ2v) is 8.16. The van der Waals surface area contributed by atoms with Crippen molar-refractivity contribution in [2.75, 3.05) is 38.1 Å². The number of anilines is 1. The van der Waals surface area contributed by atoms with Gasteiger partial charge in [0.1, 0.15) is 0 Å². The quantitative estimate of drug-likeness (QED) is 0.552. The van der Waals surface area contributed by atoms with Crippen molar-refractivity contribution in [3.63, 3.8) is 0 Å². The van der Waals surface area contributed by atoms with Gasteiger partial charge in [-0.2, -0.15) is 0 Å². The maximum Gasteiger partial charge on any atom is 0.250 e. The number of aromatic amines is 1. The molecule has 3 heterocycles. The third kappa shape index (κ3) is 3.19. The molecule has 0 aliphatic carbocycles. The fourth-order valence-electron chi connectivity index (χ4n) is 4.25. The molecule has 0 saturated carbocycles. The number of rotatable bonds is 3. The number of fused-ring (bicyclic) bond motifs is 3. The highest BCUT2D eigenvalue weighted by Crippen LogP contribution is 2.32. The Morgan fingerprint density at radius 1 is 1.07 bits per heavy atom. The van der Waals surface area contributed by atoms with Gasteiger partial charge in [0.2, 0.25) is 0 Å². The predicted octanol–water partition coefficient (Wildman–Crippen LogP) is 3.54. The lowest BCUT2D eigenvalue weighted by Gasteiger charge is -2.34. The Balaban J connectivity index is 1.67. The van der Waals surface area contributed by atoms with Crippen LogP contribution >= 0.6 is 0 Å². The van der Waals surface area contributed by atoms with E-state index in [0.29, 0.717) is 11.1 Å². The third-order valence-electron chi connectivity index (χ3n) is 5.99. The standard InChI is InChI=1S/C24H25N5O/c1-15-4-3-5-16(12-15)20-14-19(24(25)30)23-22(26-20)18-7-6-17(13-21(18)27-23)29-10-8-28(2)9-11-29/h3-7,12-14,27H,8-11H2,1-2H3,(H2,25,30). The first kappa shape index (κ1) is 18.6. The van der Waals surface area contributed by atoms with Gasteiger partial charge in [0.05, 0.1) is 27.8 Å². The number of primary amides is 1. The van der Waals surface area contributed by atoms with E-state index in [0.717, 1.165) is 59.4 Å². The second kappa shape index (κ2) is 7.15. The van der Waals surface area contributed by atoms with Crippen LogP contribution in [0.5, 0.6) is 0 Å². The van der Waals surface area contributed by atoms with E-state index in [2.05, 4.69) is 46.1 Å². The van der Waals surface area contributed by atoms with Crippen LogP contribution in [0.1, 0.15) is 15.9 Å². The Morgan fingerprint density at radius 2 is 1.87 bits per heavy atom. The number of pyridine rings is 1. The summed E-state index contributed by atoms with van der Waals surface area (Å²) in [7, 11) is 2.15. The maximum atomic E-state index is 12.2. The highest BCUT2D eigenvalue weighted by Gasteiger charge is 2.18. The number of carbonyl (C=O) groups excluding carboxylic acids is 1. The van der Waals surface area contributed by atoms with Gasteiger partial charge in [0.15, 0.2) is 0 Å². The summed E-state index contributed by atoms with van der Waals surface area (Å²) >= 11 is 0. The topological polar surface area (TPSA) is 78.2 Å². The number of hydrogen-bond acceptors (Lipinski definition) is 4. The summed E-state index contributed by atoms with van der Waals surface area (Å²) in [5, 5.41) is 1.000. The SMILES string of the molecule is Cc1cccc(-c2cc(C(N)=O)c3[nH]c4cc(N5CCN(C)CC5)ccc4c3n2)c1. The van der Waals surface area contributed by atoms with E-state index in [9.17, 15) is 4.79 Å². The molecule has 0 bridgehead atoms. The Hall–Kier alpha value is -3.38. The zero-order valence-electron chi connectivity index (χ0n) is 17.3. The van der Waals surface area contributed by atoms with Gasteiger partial charge in [-0.1, -0.05) is 23.8 Å². The molecular weight excluding hydrogens is 374 g/mol. The van der Waals surface area contributed by atoms with Gasteiger partial charge in [-0.25, -0.2) is 4.98 Å². The minimum absolute atomic E-state index is 0.456. The van der Waals surface area contributed by atoms with Gasteiger partial charge in [0.25, 0.3) is 5.91 Å². The number of aromatic nitrogens is 2. The van der Waals surface area contributed by atoms with Gasteiger partial charge in [-0.05, 0) is 44.3 Å². The van der Waals surface area contributed by atoms with E-state index in [1.807, 2.05) is 25.1 Å². The highest BCUT2D eigenvalue weighted by atomic mass is 16.1. The lowest BCUT2D eigenvalue weighted by molar-refractivity contribution is 0.100. The molecule has 1 saturated heterocycles. The van der Waals surface area contributed by atoms with E-state index in [1.54, 1.807) is 6.07 Å². The molecule has 0 atom stereocenters. The molecule has 30 heavy (non-hydrogen) atoms. The lowest BCUT2D eigenvalue weighted by atomic mass is 10.0. The number of nitrogens with zero attached hydrogens (tertiary/aromatic N) is 3. The summed E-state index contributed by atoms with van der Waals surface area (Å²) in [5.74, 6) is -0.456. The van der Waals surface area contributed by atoms with Gasteiger partial charge in [0, 0.05) is 42.8 Å². The number of H-pyrrole nitrogens is 1. The van der Waals surface area contributed by atoms with E-state index in [1.165, 1.54) is 5.69 Å². The van der Waals surface area contributed by atoms with Crippen molar-refractivity contribution in [1.29, 1.82) is 0 Å². The largest absolute Gasteiger partial charge is 0.369 e. The van der Waals surface area contributed by atoms with Gasteiger partial charge in [-0.15, -0.1) is 0 Å². The molecule has 1 aliphatic heterocycles. The molecule has 2 aromatic carbocycles. The van der Waals surface area contributed by atoms with Crippen molar-refractivity contribution in [3.8, 4) is 11.3 Å². The smallest absolute Gasteiger partial charge is 0.250 e. The summed E-state index contributed by atoms with van der Waals surface area (Å²) in [5.41, 5.74) is 12.7. The number of carbonyl (C=O) groups is 1. The number of likely N-dealkylation sites (N-methyl/N-ethyl adjacent to an activating group) is 1. The molecule has 2 aromatic heterocycles. The Kier molecular flexibility index (Phi) is 4.44. The predicted molar refractivity (Wildman–Crippen MR) is 122 cm³/mol. The van der Waals surface area contributed by atoms with Gasteiger partial charge < -0.3 is 20.5 Å². The number of nitrogens with one attached hydrogen (secondary N) is 1. The Morgan fingerprint density at radius 3 is 2.60 bits per heavy atom. The van der Waals surface area contributed by atoms with Crippen molar-refractivity contribution < 1.29 is 4.79 Å². The summed E-state index contributed by atoms with van der Waals surface area (Å²) in [6, 6.07) is 16.3. The Bertz CT molecular complexity index is 1270. The average Bonchev–Trinajstić information content (AvgIpc) is 3.11. The van der Waals surface area contributed by atoms with Crippen LogP contribution in [0, 0.1) is 6.92 Å². The minimum Gasteiger partial charge on any atom is -0.369 e. The van der Waals surface area contributed by atoms with Crippen LogP contribution in [0.25, 0.3) is 33.2 Å². The van der Waals surface area contributed by atoms with Crippen LogP contribution in [0.15, 0.2) is 48.5 Å². The average molecular weight is 399 g/mol. The molecule has 1 aliphatic rings. The zero-order valence-corrected chi connectivity index (χ0v) is 17.3. The number of hydrogen-bond donors (Lipinski definition) is 2. The minimum atomic E-state index is -0.456. The van der Waals surface area contributed by atoms with Gasteiger partial charge >= 0.3 is 0 Å². The van der Waals surface area contributed by atoms with Crippen molar-refractivity contribution in [3.05, 3.63) is 59.7 Å². The first-order valence-electron chi connectivity index (χ1n) is 10.3. The van der Waals surface area contributed by atoms with Crippen molar-refractivity contribution in [2.45, 2.75) is 6.92 Å². The molecule has 6 nitrogen and oxygen atoms in total. The normalized spacial score (nSPS) is 15.2. The van der Waals surface area contributed by atoms with Crippen LogP contribution in [0.2, 0.25) is 0 Å². The van der Waals surface area contributed by atoms with Crippen LogP contribution in [-0.4, -0.2) is 54.0 Å². The summed E-state index contributed by atoms with van der Waals surface area (Å²) in [6.45, 7) is 6.16. The maximum absolute atomic E-state index is 12.2. The zero-order chi connectivity index (χ0) is 20.8. The number of benzene rings is 2. The van der Waals surface area contributed by atoms with Crippen LogP contribution < -0.4 is 10.6 Å². The molecule has 4 aromatic rings. The molecular formula is C24H25N5O. The third-order valence-corrected chi connectivity index (χ3v) is 5.99. The summed E-state index contributed by atoms with van der Waals surface area (Å²) in [4.78, 5) is 25.3. The van der Waals surface area contributed by atoms with Crippen molar-refractivity contribution in [1.82, 2.24) is 14.9 Å². The van der Waals surface area contributed by atoms with E-state index in [-0.39, 0.29) is 0 Å². The first-order chi connectivity index (χ1) is 14.5. The fraction of sp³-hybridized carbons (Fsp3) is 0.250. The summed E-state index contributed by atoms with van der Waals surface area (Å²) < 4.78 is 0. The number of aryl methyl sites for hydroxylation is 1. The molecule has 0 spiro atoms. The molecule has 1 amide bonds. The molecule has 6 heteroatoms. The van der Waals surface area contributed by atoms with Crippen molar-refractivity contribution >= 4 is 33.5 Å². The van der Waals surface area contributed by atoms with Crippen LogP contribution in [0.4, 0.5) is 5.69 Å². The molecule has 1 fully saturated rings. The van der Waals surface area contributed by atoms with Crippen LogP contribution in [0.3, 0.4) is 0 Å². The number of amides is 1. The number of piperazine rings is 1. The molecule has 0 unspecified atom stereocenters. The molecule has 3 N–H and O–H groups in total. The van der Waals surface area contributed by atoms with Crippen LogP contribution in [-0.2, 0) is 0 Å². The molecule has 5 rings (SSSR count). The molecule has 0 radical (unpaired) electrons. The monoisotopic (exact) mass is 399 g/mol. The second-order valence-electron chi connectivity index (χ2n) is 8.16. The lowest BCUT2D eigenvalue weighted by Crippen LogP contribution is -2.44. The van der Waals surface area contributed by atoms with E-state index < -0.39 is 5.91 Å².